The van der Waals surface area contributed by atoms with Gasteiger partial charge in [-0.25, -0.2) is 4.79 Å². The fraction of sp³-hybridized carbons (Fsp3) is 0.235. The van der Waals surface area contributed by atoms with Crippen LogP contribution >= 0.6 is 11.3 Å². The lowest BCUT2D eigenvalue weighted by atomic mass is 10.1. The largest absolute Gasteiger partial charge is 0.459 e. The molecule has 2 rings (SSSR count). The molecule has 5 nitrogen and oxygen atoms in total. The van der Waals surface area contributed by atoms with Crippen LogP contribution in [0.2, 0.25) is 0 Å². The third-order valence-corrected chi connectivity index (χ3v) is 4.24. The summed E-state index contributed by atoms with van der Waals surface area (Å²) < 4.78 is 5.17. The van der Waals surface area contributed by atoms with Gasteiger partial charge in [0.2, 0.25) is 0 Å². The molecule has 1 aromatic heterocycles. The monoisotopic (exact) mass is 328 g/mol. The van der Waals surface area contributed by atoms with Gasteiger partial charge in [-0.3, -0.25) is 4.79 Å². The SMILES string of the molecule is Cc1c(C(=O)OC(C)C)sc(NC(=O)c2ccccc2)c1C#N. The Labute approximate surface area is 138 Å². The fourth-order valence-electron chi connectivity index (χ4n) is 1.96. The summed E-state index contributed by atoms with van der Waals surface area (Å²) >= 11 is 1.05. The second-order valence-electron chi connectivity index (χ2n) is 5.15. The lowest BCUT2D eigenvalue weighted by Gasteiger charge is -2.06. The highest BCUT2D eigenvalue weighted by Gasteiger charge is 2.23. The number of nitrogens with zero attached hydrogens (tertiary/aromatic N) is 1. The van der Waals surface area contributed by atoms with Crippen molar-refractivity contribution in [1.82, 2.24) is 0 Å². The first-order valence-corrected chi connectivity index (χ1v) is 7.86. The van der Waals surface area contributed by atoms with Gasteiger partial charge in [0.1, 0.15) is 15.9 Å². The summed E-state index contributed by atoms with van der Waals surface area (Å²) in [6.07, 6.45) is -0.253. The van der Waals surface area contributed by atoms with Gasteiger partial charge in [-0.2, -0.15) is 5.26 Å². The molecule has 0 aliphatic rings. The van der Waals surface area contributed by atoms with Crippen LogP contribution in [0.15, 0.2) is 30.3 Å². The molecule has 0 atom stereocenters. The summed E-state index contributed by atoms with van der Waals surface area (Å²) in [5, 5.41) is 12.4. The van der Waals surface area contributed by atoms with Crippen molar-refractivity contribution in [2.75, 3.05) is 5.32 Å². The van der Waals surface area contributed by atoms with E-state index in [1.54, 1.807) is 45.0 Å². The Morgan fingerprint density at radius 1 is 1.26 bits per heavy atom. The molecule has 1 aromatic carbocycles. The van der Waals surface area contributed by atoms with Crippen LogP contribution in [0.25, 0.3) is 0 Å². The standard InChI is InChI=1S/C17H16N2O3S/c1-10(2)22-17(21)14-11(3)13(9-18)16(23-14)19-15(20)12-7-5-4-6-8-12/h4-8,10H,1-3H3,(H,19,20). The number of esters is 1. The number of nitriles is 1. The van der Waals surface area contributed by atoms with Crippen LogP contribution in [-0.2, 0) is 4.74 Å². The maximum absolute atomic E-state index is 12.2. The predicted octanol–water partition coefficient (Wildman–Crippen LogP) is 3.75. The summed E-state index contributed by atoms with van der Waals surface area (Å²) in [4.78, 5) is 24.6. The maximum Gasteiger partial charge on any atom is 0.348 e. The minimum absolute atomic E-state index is 0.253. The first kappa shape index (κ1) is 16.7. The van der Waals surface area contributed by atoms with Gasteiger partial charge in [0.05, 0.1) is 11.7 Å². The van der Waals surface area contributed by atoms with Crippen molar-refractivity contribution in [3.63, 3.8) is 0 Å². The molecule has 0 saturated carbocycles. The molecule has 1 heterocycles. The van der Waals surface area contributed by atoms with E-state index in [4.69, 9.17) is 4.74 Å². The van der Waals surface area contributed by atoms with E-state index in [0.29, 0.717) is 21.0 Å². The predicted molar refractivity (Wildman–Crippen MR) is 88.7 cm³/mol. The number of hydrogen-bond donors (Lipinski definition) is 1. The topological polar surface area (TPSA) is 79.2 Å². The summed E-state index contributed by atoms with van der Waals surface area (Å²) in [5.41, 5.74) is 1.29. The summed E-state index contributed by atoms with van der Waals surface area (Å²) in [7, 11) is 0. The molecule has 118 valence electrons. The zero-order valence-electron chi connectivity index (χ0n) is 13.0. The fourth-order valence-corrected chi connectivity index (χ4v) is 3.00. The number of thiophene rings is 1. The van der Waals surface area contributed by atoms with Gasteiger partial charge < -0.3 is 10.1 Å². The van der Waals surface area contributed by atoms with Crippen molar-refractivity contribution in [2.45, 2.75) is 26.9 Å². The molecule has 2 aromatic rings. The smallest absolute Gasteiger partial charge is 0.348 e. The molecule has 0 radical (unpaired) electrons. The van der Waals surface area contributed by atoms with E-state index in [1.165, 1.54) is 0 Å². The summed E-state index contributed by atoms with van der Waals surface area (Å²) in [6, 6.07) is 10.7. The van der Waals surface area contributed by atoms with E-state index in [1.807, 2.05) is 12.1 Å². The van der Waals surface area contributed by atoms with Gasteiger partial charge in [0.15, 0.2) is 0 Å². The molecule has 23 heavy (non-hydrogen) atoms. The van der Waals surface area contributed by atoms with Crippen molar-refractivity contribution in [3.8, 4) is 6.07 Å². The number of benzene rings is 1. The van der Waals surface area contributed by atoms with Crippen molar-refractivity contribution < 1.29 is 14.3 Å². The van der Waals surface area contributed by atoms with Gasteiger partial charge in [-0.1, -0.05) is 18.2 Å². The molecule has 6 heteroatoms. The number of ether oxygens (including phenoxy) is 1. The quantitative estimate of drug-likeness (QED) is 0.867. The van der Waals surface area contributed by atoms with Gasteiger partial charge in [0.25, 0.3) is 5.91 Å². The van der Waals surface area contributed by atoms with Crippen molar-refractivity contribution >= 4 is 28.2 Å². The molecule has 0 unspecified atom stereocenters. The third kappa shape index (κ3) is 3.76. The van der Waals surface area contributed by atoms with Crippen LogP contribution in [0.5, 0.6) is 0 Å². The molecule has 0 aliphatic heterocycles. The number of anilines is 1. The molecular formula is C17H16N2O3S. The number of amides is 1. The van der Waals surface area contributed by atoms with Crippen LogP contribution in [0.4, 0.5) is 5.00 Å². The molecule has 1 amide bonds. The first-order valence-electron chi connectivity index (χ1n) is 7.05. The van der Waals surface area contributed by atoms with E-state index in [2.05, 4.69) is 5.32 Å². The van der Waals surface area contributed by atoms with Gasteiger partial charge in [-0.15, -0.1) is 11.3 Å². The summed E-state index contributed by atoms with van der Waals surface area (Å²) in [5.74, 6) is -0.814. The van der Waals surface area contributed by atoms with E-state index in [-0.39, 0.29) is 17.6 Å². The molecular weight excluding hydrogens is 312 g/mol. The van der Waals surface area contributed by atoms with E-state index in [0.717, 1.165) is 11.3 Å². The minimum atomic E-state index is -0.487. The molecule has 0 fully saturated rings. The van der Waals surface area contributed by atoms with Crippen LogP contribution in [0.3, 0.4) is 0 Å². The molecule has 0 bridgehead atoms. The Morgan fingerprint density at radius 3 is 2.48 bits per heavy atom. The second kappa shape index (κ2) is 7.07. The number of carbonyl (C=O) groups excluding carboxylic acids is 2. The van der Waals surface area contributed by atoms with Crippen molar-refractivity contribution in [1.29, 1.82) is 5.26 Å². The summed E-state index contributed by atoms with van der Waals surface area (Å²) in [6.45, 7) is 5.18. The Bertz CT molecular complexity index is 773. The molecule has 0 saturated heterocycles. The Kier molecular flexibility index (Phi) is 5.14. The zero-order chi connectivity index (χ0) is 17.0. The van der Waals surface area contributed by atoms with E-state index in [9.17, 15) is 14.9 Å². The van der Waals surface area contributed by atoms with Crippen LogP contribution < -0.4 is 5.32 Å². The first-order chi connectivity index (χ1) is 10.9. The average Bonchev–Trinajstić information content (AvgIpc) is 2.83. The van der Waals surface area contributed by atoms with Gasteiger partial charge >= 0.3 is 5.97 Å². The van der Waals surface area contributed by atoms with Gasteiger partial charge in [0, 0.05) is 5.56 Å². The number of carbonyl (C=O) groups is 2. The number of rotatable bonds is 4. The third-order valence-electron chi connectivity index (χ3n) is 3.05. The zero-order valence-corrected chi connectivity index (χ0v) is 13.9. The Morgan fingerprint density at radius 2 is 1.91 bits per heavy atom. The molecule has 0 spiro atoms. The van der Waals surface area contributed by atoms with E-state index >= 15 is 0 Å². The lowest BCUT2D eigenvalue weighted by Crippen LogP contribution is -2.11. The van der Waals surface area contributed by atoms with Crippen LogP contribution in [0, 0.1) is 18.3 Å². The molecule has 0 aliphatic carbocycles. The minimum Gasteiger partial charge on any atom is -0.459 e. The lowest BCUT2D eigenvalue weighted by molar-refractivity contribution is 0.0383. The van der Waals surface area contributed by atoms with E-state index < -0.39 is 5.97 Å². The van der Waals surface area contributed by atoms with Crippen LogP contribution in [0.1, 0.15) is 45.0 Å². The highest BCUT2D eigenvalue weighted by atomic mass is 32.1. The normalized spacial score (nSPS) is 10.2. The Hall–Kier alpha value is -2.65. The molecule has 1 N–H and O–H groups in total. The van der Waals surface area contributed by atoms with Crippen molar-refractivity contribution in [3.05, 3.63) is 51.9 Å². The number of nitrogens with one attached hydrogen (secondary N) is 1. The Balaban J connectivity index is 2.31. The highest BCUT2D eigenvalue weighted by molar-refractivity contribution is 7.18. The second-order valence-corrected chi connectivity index (χ2v) is 6.17. The van der Waals surface area contributed by atoms with Crippen LogP contribution in [-0.4, -0.2) is 18.0 Å². The number of hydrogen-bond acceptors (Lipinski definition) is 5. The highest BCUT2D eigenvalue weighted by Crippen LogP contribution is 2.33. The van der Waals surface area contributed by atoms with Crippen molar-refractivity contribution in [2.24, 2.45) is 0 Å². The van der Waals surface area contributed by atoms with Gasteiger partial charge in [-0.05, 0) is 38.5 Å². The average molecular weight is 328 g/mol. The maximum atomic E-state index is 12.2.